The summed E-state index contributed by atoms with van der Waals surface area (Å²) in [5.41, 5.74) is 3.35. The van der Waals surface area contributed by atoms with Crippen molar-refractivity contribution in [3.63, 3.8) is 0 Å². The molecule has 0 aliphatic heterocycles. The molecule has 8 nitrogen and oxygen atoms in total. The standard InChI is InChI=1S/C30H29N3O5/c1-20(18-28(34)26-10-6-7-16-31-26)32-27(30(35)36)19-22-11-13-24(14-12-22)37-17-15-25-21(2)38-29(33-25)23-8-4-3-5-9-23/h3-14,16,18,27,32H,15,17,19H2,1-2H3,(H,35,36)/b20-18+/t27-/m0/s1. The lowest BCUT2D eigenvalue weighted by molar-refractivity contribution is -0.139. The van der Waals surface area contributed by atoms with Crippen LogP contribution in [0.5, 0.6) is 5.75 Å². The Labute approximate surface area is 221 Å². The number of pyridine rings is 1. The summed E-state index contributed by atoms with van der Waals surface area (Å²) in [4.78, 5) is 32.8. The first kappa shape index (κ1) is 26.3. The van der Waals surface area contributed by atoms with E-state index >= 15 is 0 Å². The van der Waals surface area contributed by atoms with Crippen molar-refractivity contribution in [2.24, 2.45) is 0 Å². The molecule has 38 heavy (non-hydrogen) atoms. The summed E-state index contributed by atoms with van der Waals surface area (Å²) in [6.45, 7) is 3.98. The molecule has 0 aliphatic carbocycles. The summed E-state index contributed by atoms with van der Waals surface area (Å²) in [6, 6.07) is 21.2. The average molecular weight is 512 g/mol. The van der Waals surface area contributed by atoms with E-state index < -0.39 is 12.0 Å². The number of hydrogen-bond acceptors (Lipinski definition) is 7. The van der Waals surface area contributed by atoms with Crippen molar-refractivity contribution in [1.29, 1.82) is 0 Å². The smallest absolute Gasteiger partial charge is 0.326 e. The van der Waals surface area contributed by atoms with Crippen LogP contribution in [0, 0.1) is 6.92 Å². The third-order valence-electron chi connectivity index (χ3n) is 5.85. The van der Waals surface area contributed by atoms with Crippen molar-refractivity contribution in [3.05, 3.63) is 113 Å². The maximum atomic E-state index is 12.3. The second kappa shape index (κ2) is 12.5. The summed E-state index contributed by atoms with van der Waals surface area (Å²) < 4.78 is 11.7. The predicted molar refractivity (Wildman–Crippen MR) is 143 cm³/mol. The molecule has 0 saturated heterocycles. The van der Waals surface area contributed by atoms with E-state index in [4.69, 9.17) is 9.15 Å². The zero-order valence-electron chi connectivity index (χ0n) is 21.3. The van der Waals surface area contributed by atoms with E-state index in [0.717, 1.165) is 22.6 Å². The van der Waals surface area contributed by atoms with Crippen LogP contribution in [0.2, 0.25) is 0 Å². The highest BCUT2D eigenvalue weighted by molar-refractivity contribution is 6.03. The molecule has 8 heteroatoms. The monoisotopic (exact) mass is 511 g/mol. The van der Waals surface area contributed by atoms with Crippen molar-refractivity contribution >= 4 is 11.8 Å². The van der Waals surface area contributed by atoms with Gasteiger partial charge in [-0.2, -0.15) is 0 Å². The maximum Gasteiger partial charge on any atom is 0.326 e. The first-order chi connectivity index (χ1) is 18.4. The number of nitrogens with one attached hydrogen (secondary N) is 1. The van der Waals surface area contributed by atoms with E-state index in [2.05, 4.69) is 15.3 Å². The molecule has 2 aromatic carbocycles. The van der Waals surface area contributed by atoms with Crippen LogP contribution in [0.3, 0.4) is 0 Å². The number of oxazole rings is 1. The van der Waals surface area contributed by atoms with Crippen LogP contribution in [0.4, 0.5) is 0 Å². The minimum atomic E-state index is -1.01. The number of benzene rings is 2. The van der Waals surface area contributed by atoms with E-state index in [-0.39, 0.29) is 12.2 Å². The predicted octanol–water partition coefficient (Wildman–Crippen LogP) is 5.04. The Kier molecular flexibility index (Phi) is 8.66. The number of nitrogens with zero attached hydrogens (tertiary/aromatic N) is 2. The second-order valence-corrected chi connectivity index (χ2v) is 8.78. The van der Waals surface area contributed by atoms with Gasteiger partial charge < -0.3 is 19.6 Å². The number of allylic oxidation sites excluding steroid dienone is 2. The largest absolute Gasteiger partial charge is 0.493 e. The Bertz CT molecular complexity index is 1400. The SMILES string of the molecule is C/C(=C\C(=O)c1ccccn1)N[C@@H](Cc1ccc(OCCc2nc(-c3ccccc3)oc2C)cc1)C(=O)O. The van der Waals surface area contributed by atoms with Crippen molar-refractivity contribution in [2.45, 2.75) is 32.7 Å². The fraction of sp³-hybridized carbons (Fsp3) is 0.200. The van der Waals surface area contributed by atoms with Crippen LogP contribution in [0.1, 0.15) is 34.4 Å². The molecule has 0 amide bonds. The van der Waals surface area contributed by atoms with E-state index in [1.807, 2.05) is 61.5 Å². The van der Waals surface area contributed by atoms with Gasteiger partial charge >= 0.3 is 5.97 Å². The molecule has 1 atom stereocenters. The molecule has 2 heterocycles. The van der Waals surface area contributed by atoms with Crippen LogP contribution in [-0.4, -0.2) is 39.5 Å². The molecule has 4 aromatic rings. The van der Waals surface area contributed by atoms with Crippen LogP contribution in [-0.2, 0) is 17.6 Å². The van der Waals surface area contributed by atoms with Gasteiger partial charge in [-0.25, -0.2) is 9.78 Å². The van der Waals surface area contributed by atoms with Gasteiger partial charge in [0.05, 0.1) is 12.3 Å². The fourth-order valence-electron chi connectivity index (χ4n) is 3.88. The Morgan fingerprint density at radius 2 is 1.79 bits per heavy atom. The first-order valence-corrected chi connectivity index (χ1v) is 12.3. The number of carbonyl (C=O) groups is 2. The van der Waals surface area contributed by atoms with Gasteiger partial charge in [0.25, 0.3) is 0 Å². The Balaban J connectivity index is 1.30. The zero-order valence-corrected chi connectivity index (χ0v) is 21.3. The Morgan fingerprint density at radius 1 is 1.05 bits per heavy atom. The molecular formula is C30H29N3O5. The number of aliphatic carboxylic acids is 1. The van der Waals surface area contributed by atoms with E-state index in [0.29, 0.717) is 36.1 Å². The van der Waals surface area contributed by atoms with Gasteiger partial charge in [0.15, 0.2) is 0 Å². The van der Waals surface area contributed by atoms with Gasteiger partial charge in [0.1, 0.15) is 23.2 Å². The van der Waals surface area contributed by atoms with Crippen LogP contribution < -0.4 is 10.1 Å². The second-order valence-electron chi connectivity index (χ2n) is 8.78. The third-order valence-corrected chi connectivity index (χ3v) is 5.85. The molecule has 0 spiro atoms. The highest BCUT2D eigenvalue weighted by Gasteiger charge is 2.18. The average Bonchev–Trinajstić information content (AvgIpc) is 3.30. The summed E-state index contributed by atoms with van der Waals surface area (Å²) >= 11 is 0. The van der Waals surface area contributed by atoms with E-state index in [1.165, 1.54) is 12.3 Å². The van der Waals surface area contributed by atoms with Crippen molar-refractivity contribution in [1.82, 2.24) is 15.3 Å². The quantitative estimate of drug-likeness (QED) is 0.201. The number of aryl methyl sites for hydroxylation is 1. The fourth-order valence-corrected chi connectivity index (χ4v) is 3.88. The number of aromatic nitrogens is 2. The molecule has 4 rings (SSSR count). The summed E-state index contributed by atoms with van der Waals surface area (Å²) in [6.07, 6.45) is 3.72. The highest BCUT2D eigenvalue weighted by Crippen LogP contribution is 2.22. The van der Waals surface area contributed by atoms with Crippen molar-refractivity contribution in [3.8, 4) is 17.2 Å². The van der Waals surface area contributed by atoms with Gasteiger partial charge in [-0.15, -0.1) is 0 Å². The van der Waals surface area contributed by atoms with Gasteiger partial charge in [-0.3, -0.25) is 9.78 Å². The summed E-state index contributed by atoms with van der Waals surface area (Å²) in [7, 11) is 0. The van der Waals surface area contributed by atoms with Crippen LogP contribution >= 0.6 is 0 Å². The lowest BCUT2D eigenvalue weighted by Gasteiger charge is -2.16. The number of hydrogen-bond donors (Lipinski definition) is 2. The molecular weight excluding hydrogens is 482 g/mol. The van der Waals surface area contributed by atoms with Gasteiger partial charge in [-0.1, -0.05) is 36.4 Å². The van der Waals surface area contributed by atoms with Gasteiger partial charge in [0, 0.05) is 36.4 Å². The molecule has 0 radical (unpaired) electrons. The molecule has 0 aliphatic rings. The minimum Gasteiger partial charge on any atom is -0.493 e. The first-order valence-electron chi connectivity index (χ1n) is 12.3. The lowest BCUT2D eigenvalue weighted by Crippen LogP contribution is -2.37. The lowest BCUT2D eigenvalue weighted by atomic mass is 10.1. The van der Waals surface area contributed by atoms with Crippen molar-refractivity contribution in [2.75, 3.05) is 6.61 Å². The van der Waals surface area contributed by atoms with Gasteiger partial charge in [-0.05, 0) is 55.8 Å². The molecule has 194 valence electrons. The van der Waals surface area contributed by atoms with Gasteiger partial charge in [0.2, 0.25) is 11.7 Å². The Morgan fingerprint density at radius 3 is 2.47 bits per heavy atom. The van der Waals surface area contributed by atoms with Crippen molar-refractivity contribution < 1.29 is 23.8 Å². The highest BCUT2D eigenvalue weighted by atomic mass is 16.5. The van der Waals surface area contributed by atoms with E-state index in [1.54, 1.807) is 25.1 Å². The van der Waals surface area contributed by atoms with Crippen LogP contribution in [0.25, 0.3) is 11.5 Å². The maximum absolute atomic E-state index is 12.3. The normalized spacial score (nSPS) is 12.1. The molecule has 0 bridgehead atoms. The molecule has 0 unspecified atom stereocenters. The summed E-state index contributed by atoms with van der Waals surface area (Å²) in [5.74, 6) is 0.728. The minimum absolute atomic E-state index is 0.235. The van der Waals surface area contributed by atoms with E-state index in [9.17, 15) is 14.7 Å². The topological polar surface area (TPSA) is 115 Å². The molecule has 0 fully saturated rings. The third kappa shape index (κ3) is 7.16. The molecule has 2 N–H and O–H groups in total. The number of ketones is 1. The number of rotatable bonds is 12. The Hall–Kier alpha value is -4.72. The summed E-state index contributed by atoms with van der Waals surface area (Å²) in [5, 5.41) is 12.6. The number of ether oxygens (including phenoxy) is 1. The number of carboxylic acid groups (broad SMARTS) is 1. The zero-order chi connectivity index (χ0) is 26.9. The van der Waals surface area contributed by atoms with Crippen LogP contribution in [0.15, 0.2) is 95.2 Å². The number of carbonyl (C=O) groups excluding carboxylic acids is 1. The molecule has 0 saturated carbocycles. The molecule has 2 aromatic heterocycles. The number of carboxylic acids is 1.